The van der Waals surface area contributed by atoms with Crippen LogP contribution in [0.3, 0.4) is 0 Å². The molecule has 2 N–H and O–H groups in total. The van der Waals surface area contributed by atoms with Crippen LogP contribution in [0.5, 0.6) is 0 Å². The standard InChI is InChI=1S/C14H17NO3/c1-9-3-2-4-11(7-9)12(8-13(16)17)15-14(18)10-5-6-10/h2-4,7,10,12H,5-6,8H2,1H3,(H,15,18)(H,16,17). The first-order chi connectivity index (χ1) is 8.56. The van der Waals surface area contributed by atoms with Gasteiger partial charge in [0.15, 0.2) is 0 Å². The van der Waals surface area contributed by atoms with E-state index in [0.717, 1.165) is 24.0 Å². The third-order valence-corrected chi connectivity index (χ3v) is 3.09. The lowest BCUT2D eigenvalue weighted by atomic mass is 10.0. The minimum atomic E-state index is -0.905. The molecule has 1 aromatic carbocycles. The van der Waals surface area contributed by atoms with E-state index in [1.807, 2.05) is 31.2 Å². The lowest BCUT2D eigenvalue weighted by molar-refractivity contribution is -0.137. The Morgan fingerprint density at radius 2 is 2.17 bits per heavy atom. The van der Waals surface area contributed by atoms with Gasteiger partial charge in [-0.25, -0.2) is 0 Å². The molecule has 0 saturated heterocycles. The fourth-order valence-electron chi connectivity index (χ4n) is 1.95. The first kappa shape index (κ1) is 12.6. The summed E-state index contributed by atoms with van der Waals surface area (Å²) in [7, 11) is 0. The van der Waals surface area contributed by atoms with Gasteiger partial charge in [-0.2, -0.15) is 0 Å². The number of nitrogens with one attached hydrogen (secondary N) is 1. The van der Waals surface area contributed by atoms with Crippen molar-refractivity contribution in [3.05, 3.63) is 35.4 Å². The lowest BCUT2D eigenvalue weighted by Gasteiger charge is -2.17. The monoisotopic (exact) mass is 247 g/mol. The third-order valence-electron chi connectivity index (χ3n) is 3.09. The molecule has 1 amide bonds. The number of carbonyl (C=O) groups is 2. The quantitative estimate of drug-likeness (QED) is 0.836. The second kappa shape index (κ2) is 5.21. The Labute approximate surface area is 106 Å². The highest BCUT2D eigenvalue weighted by atomic mass is 16.4. The minimum Gasteiger partial charge on any atom is -0.481 e. The zero-order valence-electron chi connectivity index (χ0n) is 10.3. The molecule has 96 valence electrons. The molecule has 4 nitrogen and oxygen atoms in total. The van der Waals surface area contributed by atoms with Gasteiger partial charge in [-0.3, -0.25) is 9.59 Å². The molecule has 1 fully saturated rings. The van der Waals surface area contributed by atoms with E-state index in [0.29, 0.717) is 0 Å². The maximum absolute atomic E-state index is 11.8. The second-order valence-electron chi connectivity index (χ2n) is 4.85. The Morgan fingerprint density at radius 1 is 1.44 bits per heavy atom. The number of aryl methyl sites for hydroxylation is 1. The summed E-state index contributed by atoms with van der Waals surface area (Å²) >= 11 is 0. The number of amides is 1. The van der Waals surface area contributed by atoms with E-state index in [-0.39, 0.29) is 18.2 Å². The van der Waals surface area contributed by atoms with Crippen LogP contribution in [-0.4, -0.2) is 17.0 Å². The molecular formula is C14H17NO3. The highest BCUT2D eigenvalue weighted by Gasteiger charge is 2.31. The summed E-state index contributed by atoms with van der Waals surface area (Å²) in [5.41, 5.74) is 1.91. The zero-order valence-corrected chi connectivity index (χ0v) is 10.3. The van der Waals surface area contributed by atoms with Crippen molar-refractivity contribution in [2.45, 2.75) is 32.2 Å². The number of carboxylic acids is 1. The Hall–Kier alpha value is -1.84. The normalized spacial score (nSPS) is 16.1. The Kier molecular flexibility index (Phi) is 3.65. The molecule has 1 saturated carbocycles. The van der Waals surface area contributed by atoms with Crippen molar-refractivity contribution in [1.82, 2.24) is 5.32 Å². The largest absolute Gasteiger partial charge is 0.481 e. The molecule has 0 aliphatic heterocycles. The molecular weight excluding hydrogens is 230 g/mol. The van der Waals surface area contributed by atoms with Crippen molar-refractivity contribution in [3.8, 4) is 0 Å². The molecule has 1 aliphatic carbocycles. The molecule has 18 heavy (non-hydrogen) atoms. The van der Waals surface area contributed by atoms with Crippen molar-refractivity contribution in [1.29, 1.82) is 0 Å². The van der Waals surface area contributed by atoms with E-state index in [2.05, 4.69) is 5.32 Å². The number of hydrogen-bond donors (Lipinski definition) is 2. The zero-order chi connectivity index (χ0) is 13.1. The van der Waals surface area contributed by atoms with Gasteiger partial charge in [0.2, 0.25) is 5.91 Å². The first-order valence-electron chi connectivity index (χ1n) is 6.15. The predicted molar refractivity (Wildman–Crippen MR) is 67.0 cm³/mol. The Balaban J connectivity index is 2.12. The van der Waals surface area contributed by atoms with E-state index in [1.165, 1.54) is 0 Å². The third kappa shape index (κ3) is 3.32. The molecule has 2 rings (SSSR count). The van der Waals surface area contributed by atoms with Crippen LogP contribution in [0.2, 0.25) is 0 Å². The number of rotatable bonds is 5. The summed E-state index contributed by atoms with van der Waals surface area (Å²) in [6.45, 7) is 1.95. The maximum atomic E-state index is 11.8. The minimum absolute atomic E-state index is 0.0252. The van der Waals surface area contributed by atoms with Crippen LogP contribution in [0, 0.1) is 12.8 Å². The van der Waals surface area contributed by atoms with Gasteiger partial charge in [-0.15, -0.1) is 0 Å². The smallest absolute Gasteiger partial charge is 0.305 e. The van der Waals surface area contributed by atoms with Gasteiger partial charge >= 0.3 is 5.97 Å². The van der Waals surface area contributed by atoms with Crippen LogP contribution in [0.25, 0.3) is 0 Å². The van der Waals surface area contributed by atoms with Crippen molar-refractivity contribution >= 4 is 11.9 Å². The van der Waals surface area contributed by atoms with Crippen LogP contribution in [-0.2, 0) is 9.59 Å². The fraction of sp³-hybridized carbons (Fsp3) is 0.429. The van der Waals surface area contributed by atoms with Crippen molar-refractivity contribution in [2.75, 3.05) is 0 Å². The van der Waals surface area contributed by atoms with Gasteiger partial charge < -0.3 is 10.4 Å². The van der Waals surface area contributed by atoms with Gasteiger partial charge in [0.1, 0.15) is 0 Å². The molecule has 1 unspecified atom stereocenters. The molecule has 1 aliphatic rings. The second-order valence-corrected chi connectivity index (χ2v) is 4.85. The van der Waals surface area contributed by atoms with Crippen LogP contribution >= 0.6 is 0 Å². The average Bonchev–Trinajstić information content (AvgIpc) is 3.11. The summed E-state index contributed by atoms with van der Waals surface area (Å²) < 4.78 is 0. The molecule has 0 spiro atoms. The number of aliphatic carboxylic acids is 1. The van der Waals surface area contributed by atoms with Crippen LogP contribution in [0.4, 0.5) is 0 Å². The van der Waals surface area contributed by atoms with Gasteiger partial charge in [0.05, 0.1) is 12.5 Å². The van der Waals surface area contributed by atoms with Crippen LogP contribution < -0.4 is 5.32 Å². The Bertz CT molecular complexity index is 466. The van der Waals surface area contributed by atoms with Crippen molar-refractivity contribution in [3.63, 3.8) is 0 Å². The summed E-state index contributed by atoms with van der Waals surface area (Å²) in [5, 5.41) is 11.8. The van der Waals surface area contributed by atoms with Crippen LogP contribution in [0.15, 0.2) is 24.3 Å². The lowest BCUT2D eigenvalue weighted by Crippen LogP contribution is -2.31. The van der Waals surface area contributed by atoms with E-state index < -0.39 is 12.0 Å². The molecule has 1 aromatic rings. The number of carbonyl (C=O) groups excluding carboxylic acids is 1. The number of hydrogen-bond acceptors (Lipinski definition) is 2. The summed E-state index contributed by atoms with van der Waals surface area (Å²) in [4.78, 5) is 22.6. The molecule has 0 heterocycles. The van der Waals surface area contributed by atoms with Gasteiger partial charge in [-0.05, 0) is 25.3 Å². The fourth-order valence-corrected chi connectivity index (χ4v) is 1.95. The van der Waals surface area contributed by atoms with E-state index >= 15 is 0 Å². The molecule has 0 aromatic heterocycles. The van der Waals surface area contributed by atoms with E-state index in [4.69, 9.17) is 5.11 Å². The van der Waals surface area contributed by atoms with Gasteiger partial charge in [-0.1, -0.05) is 29.8 Å². The SMILES string of the molecule is Cc1cccc(C(CC(=O)O)NC(=O)C2CC2)c1. The van der Waals surface area contributed by atoms with Gasteiger partial charge in [0, 0.05) is 5.92 Å². The highest BCUT2D eigenvalue weighted by molar-refractivity contribution is 5.82. The number of carboxylic acid groups (broad SMARTS) is 1. The summed E-state index contributed by atoms with van der Waals surface area (Å²) in [5.74, 6) is -0.841. The number of benzene rings is 1. The first-order valence-corrected chi connectivity index (χ1v) is 6.15. The molecule has 1 atom stereocenters. The van der Waals surface area contributed by atoms with Gasteiger partial charge in [0.25, 0.3) is 0 Å². The summed E-state index contributed by atoms with van der Waals surface area (Å²) in [6.07, 6.45) is 1.75. The Morgan fingerprint density at radius 3 is 2.72 bits per heavy atom. The van der Waals surface area contributed by atoms with E-state index in [9.17, 15) is 9.59 Å². The van der Waals surface area contributed by atoms with Crippen molar-refractivity contribution in [2.24, 2.45) is 5.92 Å². The molecule has 4 heteroatoms. The average molecular weight is 247 g/mol. The maximum Gasteiger partial charge on any atom is 0.305 e. The summed E-state index contributed by atoms with van der Waals surface area (Å²) in [6, 6.07) is 7.16. The molecule has 0 bridgehead atoms. The van der Waals surface area contributed by atoms with Crippen LogP contribution in [0.1, 0.15) is 36.4 Å². The predicted octanol–water partition coefficient (Wildman–Crippen LogP) is 2.04. The topological polar surface area (TPSA) is 66.4 Å². The van der Waals surface area contributed by atoms with E-state index in [1.54, 1.807) is 0 Å². The van der Waals surface area contributed by atoms with Crippen molar-refractivity contribution < 1.29 is 14.7 Å². The molecule has 0 radical (unpaired) electrons. The highest BCUT2D eigenvalue weighted by Crippen LogP contribution is 2.30.